The smallest absolute Gasteiger partial charge is 0.369 e. The maximum Gasteiger partial charge on any atom is 0.479 e. The first-order valence-corrected chi connectivity index (χ1v) is 16.1. The fraction of sp³-hybridized carbons (Fsp3) is 0.538. The van der Waals surface area contributed by atoms with Gasteiger partial charge >= 0.3 is 23.9 Å². The highest BCUT2D eigenvalue weighted by Gasteiger charge is 2.40. The third kappa shape index (κ3) is 7.64. The van der Waals surface area contributed by atoms with Crippen LogP contribution < -0.4 is 11.3 Å². The fourth-order valence-corrected chi connectivity index (χ4v) is 6.35. The lowest BCUT2D eigenvalue weighted by Crippen LogP contribution is -2.28. The number of phosphoric acid groups is 2. The number of hydrogen-bond donors (Lipinski definition) is 5. The summed E-state index contributed by atoms with van der Waals surface area (Å²) in [6.07, 6.45) is 1.40. The Morgan fingerprint density at radius 3 is 2.79 bits per heavy atom. The maximum absolute atomic E-state index is 12.1. The lowest BCUT2D eigenvalue weighted by molar-refractivity contribution is -0.0518. The predicted octanol–water partition coefficient (Wildman–Crippen LogP) is 1.58. The number of phosphoric ester groups is 1. The average molecular weight is 582 g/mol. The molecular formula is C13H21N4O12P3S2. The summed E-state index contributed by atoms with van der Waals surface area (Å²) in [7, 11) is -11.4. The first-order valence-electron chi connectivity index (χ1n) is 9.13. The van der Waals surface area contributed by atoms with Gasteiger partial charge in [0.15, 0.2) is 5.65 Å². The molecule has 0 amide bonds. The number of hydrogen-bond acceptors (Lipinski definition) is 13. The highest BCUT2D eigenvalue weighted by atomic mass is 33.1. The molecule has 5 atom stereocenters. The molecule has 21 heteroatoms. The van der Waals surface area contributed by atoms with Crippen molar-refractivity contribution in [2.45, 2.75) is 24.9 Å². The standard InChI is InChI=1S/C13H21N4O12P3S2/c1-33-34-6-25-8-4-10(17-3-2-7-11(17)15-13(14)16-12(7)18)27-9(8)5-26-32(23,24)29-30(19)28-31(20,21)22/h2-3,8-10,30H,4-6H2,1H3,(H,23,24)(H2,20,21,22)(H3,14,15,16,18)/t8-,9+,10+/m0/s1. The molecule has 192 valence electrons. The number of nitrogens with two attached hydrogens (primary N) is 1. The largest absolute Gasteiger partial charge is 0.479 e. The summed E-state index contributed by atoms with van der Waals surface area (Å²) in [4.78, 5) is 45.5. The van der Waals surface area contributed by atoms with Crippen molar-refractivity contribution in [3.63, 3.8) is 0 Å². The Hall–Kier alpha value is -0.710. The molecule has 0 bridgehead atoms. The number of anilines is 1. The fourth-order valence-electron chi connectivity index (χ4n) is 3.05. The maximum atomic E-state index is 12.1. The molecule has 2 aromatic heterocycles. The van der Waals surface area contributed by atoms with Gasteiger partial charge in [0.2, 0.25) is 5.95 Å². The number of fused-ring (bicyclic) bond motifs is 1. The van der Waals surface area contributed by atoms with Crippen LogP contribution in [0.3, 0.4) is 0 Å². The minimum atomic E-state index is -5.21. The van der Waals surface area contributed by atoms with Crippen LogP contribution in [-0.4, -0.2) is 60.2 Å². The van der Waals surface area contributed by atoms with Crippen LogP contribution >= 0.6 is 45.5 Å². The van der Waals surface area contributed by atoms with Crippen molar-refractivity contribution >= 4 is 62.5 Å². The third-order valence-electron chi connectivity index (χ3n) is 4.32. The quantitative estimate of drug-likeness (QED) is 0.103. The van der Waals surface area contributed by atoms with Gasteiger partial charge in [-0.05, 0) is 12.3 Å². The minimum Gasteiger partial charge on any atom is -0.369 e. The molecule has 1 fully saturated rings. The van der Waals surface area contributed by atoms with E-state index in [4.69, 9.17) is 29.5 Å². The lowest BCUT2D eigenvalue weighted by atomic mass is 10.2. The Balaban J connectivity index is 1.72. The Labute approximate surface area is 200 Å². The summed E-state index contributed by atoms with van der Waals surface area (Å²) in [5.74, 6) is 0.165. The first kappa shape index (κ1) is 27.9. The molecule has 0 aromatic carbocycles. The van der Waals surface area contributed by atoms with Gasteiger partial charge in [-0.1, -0.05) is 21.6 Å². The van der Waals surface area contributed by atoms with Crippen LogP contribution in [0.15, 0.2) is 17.1 Å². The molecule has 2 unspecified atom stereocenters. The van der Waals surface area contributed by atoms with Gasteiger partial charge in [-0.15, -0.1) is 0 Å². The van der Waals surface area contributed by atoms with Gasteiger partial charge in [-0.3, -0.25) is 18.9 Å². The topological polar surface area (TPSA) is 235 Å². The van der Waals surface area contributed by atoms with E-state index in [0.29, 0.717) is 0 Å². The summed E-state index contributed by atoms with van der Waals surface area (Å²) < 4.78 is 60.0. The van der Waals surface area contributed by atoms with Gasteiger partial charge in [-0.2, -0.15) is 4.98 Å². The zero-order chi connectivity index (χ0) is 25.1. The van der Waals surface area contributed by atoms with Crippen molar-refractivity contribution in [1.82, 2.24) is 14.5 Å². The number of rotatable bonds is 12. The molecule has 6 N–H and O–H groups in total. The van der Waals surface area contributed by atoms with Crippen LogP contribution in [0.5, 0.6) is 0 Å². The summed E-state index contributed by atoms with van der Waals surface area (Å²) in [6.45, 7) is -0.570. The van der Waals surface area contributed by atoms with Crippen molar-refractivity contribution in [1.29, 1.82) is 0 Å². The van der Waals surface area contributed by atoms with Crippen molar-refractivity contribution in [3.8, 4) is 0 Å². The number of nitrogens with one attached hydrogen (secondary N) is 1. The van der Waals surface area contributed by atoms with E-state index in [1.165, 1.54) is 27.7 Å². The highest BCUT2D eigenvalue weighted by molar-refractivity contribution is 8.76. The second-order valence-corrected chi connectivity index (χ2v) is 13.2. The highest BCUT2D eigenvalue weighted by Crippen LogP contribution is 2.58. The molecule has 34 heavy (non-hydrogen) atoms. The van der Waals surface area contributed by atoms with Gasteiger partial charge in [0, 0.05) is 12.6 Å². The molecule has 0 radical (unpaired) electrons. The summed E-state index contributed by atoms with van der Waals surface area (Å²) >= 11 is 0. The molecule has 0 aliphatic carbocycles. The second-order valence-electron chi connectivity index (χ2n) is 6.57. The van der Waals surface area contributed by atoms with Crippen LogP contribution in [0.4, 0.5) is 5.95 Å². The van der Waals surface area contributed by atoms with Crippen molar-refractivity contribution in [3.05, 3.63) is 22.6 Å². The first-order chi connectivity index (χ1) is 15.9. The molecule has 3 rings (SSSR count). The molecule has 2 aromatic rings. The van der Waals surface area contributed by atoms with Crippen LogP contribution in [0, 0.1) is 0 Å². The Morgan fingerprint density at radius 2 is 2.12 bits per heavy atom. The number of H-pyrrole nitrogens is 1. The van der Waals surface area contributed by atoms with E-state index in [9.17, 15) is 23.4 Å². The van der Waals surface area contributed by atoms with E-state index < -0.39 is 54.5 Å². The number of nitrogens with zero attached hydrogens (tertiary/aromatic N) is 2. The van der Waals surface area contributed by atoms with Crippen LogP contribution in [-0.2, 0) is 36.3 Å². The van der Waals surface area contributed by atoms with Gasteiger partial charge < -0.3 is 34.5 Å². The zero-order valence-corrected chi connectivity index (χ0v) is 21.6. The number of aromatic nitrogens is 3. The van der Waals surface area contributed by atoms with Crippen LogP contribution in [0.25, 0.3) is 11.0 Å². The van der Waals surface area contributed by atoms with E-state index in [1.54, 1.807) is 10.8 Å². The van der Waals surface area contributed by atoms with E-state index in [0.717, 1.165) is 0 Å². The third-order valence-corrected chi connectivity index (χ3v) is 9.33. The average Bonchev–Trinajstić information content (AvgIpc) is 3.28. The molecule has 1 saturated heterocycles. The zero-order valence-electron chi connectivity index (χ0n) is 17.2. The Morgan fingerprint density at radius 1 is 1.38 bits per heavy atom. The Bertz CT molecular complexity index is 1190. The van der Waals surface area contributed by atoms with E-state index in [1.807, 2.05) is 6.26 Å². The van der Waals surface area contributed by atoms with Crippen LogP contribution in [0.2, 0.25) is 0 Å². The second kappa shape index (κ2) is 11.6. The number of aromatic amines is 1. The molecule has 3 heterocycles. The summed E-state index contributed by atoms with van der Waals surface area (Å²) in [5, 5.41) is 0.274. The summed E-state index contributed by atoms with van der Waals surface area (Å²) in [6, 6.07) is 1.53. The predicted molar refractivity (Wildman–Crippen MR) is 123 cm³/mol. The van der Waals surface area contributed by atoms with Gasteiger partial charge in [-0.25, -0.2) is 17.8 Å². The molecule has 16 nitrogen and oxygen atoms in total. The van der Waals surface area contributed by atoms with E-state index in [2.05, 4.69) is 18.6 Å². The van der Waals surface area contributed by atoms with E-state index >= 15 is 0 Å². The Kier molecular flexibility index (Phi) is 9.48. The summed E-state index contributed by atoms with van der Waals surface area (Å²) in [5.41, 5.74) is 5.46. The molecule has 0 saturated carbocycles. The van der Waals surface area contributed by atoms with E-state index in [-0.39, 0.29) is 29.3 Å². The minimum absolute atomic E-state index is 0.0920. The number of ether oxygens (including phenoxy) is 2. The van der Waals surface area contributed by atoms with Crippen LogP contribution in [0.1, 0.15) is 12.6 Å². The molecule has 1 aliphatic rings. The van der Waals surface area contributed by atoms with Gasteiger partial charge in [0.1, 0.15) is 18.3 Å². The SMILES string of the molecule is CSSCO[C@H]1C[C@H](n2ccc3c(=O)[nH]c(N)nc32)O[C@@H]1COP(=O)(O)O[PH](=O)OP(=O)(O)O. The molecule has 0 spiro atoms. The lowest BCUT2D eigenvalue weighted by Gasteiger charge is -2.20. The normalized spacial score (nSPS) is 23.8. The van der Waals surface area contributed by atoms with Crippen molar-refractivity contribution in [2.75, 3.05) is 24.5 Å². The molecular weight excluding hydrogens is 561 g/mol. The number of nitrogen functional groups attached to an aromatic ring is 1. The van der Waals surface area contributed by atoms with Crippen molar-refractivity contribution in [2.24, 2.45) is 0 Å². The monoisotopic (exact) mass is 582 g/mol. The van der Waals surface area contributed by atoms with Gasteiger partial charge in [0.25, 0.3) is 5.56 Å². The van der Waals surface area contributed by atoms with Gasteiger partial charge in [0.05, 0.1) is 18.1 Å². The molecule has 1 aliphatic heterocycles. The van der Waals surface area contributed by atoms with Crippen molar-refractivity contribution < 1.29 is 51.0 Å².